The summed E-state index contributed by atoms with van der Waals surface area (Å²) in [7, 11) is -2.77. The largest absolute Gasteiger partial charge is 0.495 e. The van der Waals surface area contributed by atoms with Crippen molar-refractivity contribution < 1.29 is 17.7 Å². The van der Waals surface area contributed by atoms with E-state index in [1.54, 1.807) is 24.3 Å². The van der Waals surface area contributed by atoms with E-state index in [1.807, 2.05) is 0 Å². The average Bonchev–Trinajstić information content (AvgIpc) is 2.46. The van der Waals surface area contributed by atoms with Gasteiger partial charge in [0, 0.05) is 6.07 Å². The molecule has 21 heavy (non-hydrogen) atoms. The predicted molar refractivity (Wildman–Crippen MR) is 77.8 cm³/mol. The number of hydrogen-bond donors (Lipinski definition) is 2. The monoisotopic (exact) mass is 307 g/mol. The number of benzene rings is 2. The van der Waals surface area contributed by atoms with Crippen molar-refractivity contribution in [3.05, 3.63) is 42.5 Å². The average molecular weight is 307 g/mol. The standard InChI is InChI=1S/C13H13N3O4S/c1-20-13-8-10(5-6-12(13)14)16-15-9-3-2-4-11(7-9)21(17,18)19/h2-8H,14H2,1H3,(H,17,18,19). The zero-order chi connectivity index (χ0) is 15.5. The molecule has 7 nitrogen and oxygen atoms in total. The van der Waals surface area contributed by atoms with E-state index in [4.69, 9.17) is 15.0 Å². The lowest BCUT2D eigenvalue weighted by Gasteiger charge is -2.03. The van der Waals surface area contributed by atoms with Gasteiger partial charge < -0.3 is 10.5 Å². The number of methoxy groups -OCH3 is 1. The van der Waals surface area contributed by atoms with Gasteiger partial charge in [0.25, 0.3) is 10.1 Å². The third-order valence-electron chi connectivity index (χ3n) is 2.61. The van der Waals surface area contributed by atoms with Gasteiger partial charge in [0.1, 0.15) is 5.75 Å². The number of hydrogen-bond acceptors (Lipinski definition) is 6. The molecule has 0 radical (unpaired) electrons. The molecular weight excluding hydrogens is 294 g/mol. The van der Waals surface area contributed by atoms with Gasteiger partial charge in [-0.3, -0.25) is 4.55 Å². The number of anilines is 1. The van der Waals surface area contributed by atoms with Crippen molar-refractivity contribution >= 4 is 27.2 Å². The summed E-state index contributed by atoms with van der Waals surface area (Å²) in [6.07, 6.45) is 0. The number of ether oxygens (including phenoxy) is 1. The van der Waals surface area contributed by atoms with Gasteiger partial charge in [0.05, 0.1) is 29.1 Å². The molecule has 0 unspecified atom stereocenters. The highest BCUT2D eigenvalue weighted by Crippen LogP contribution is 2.28. The van der Waals surface area contributed by atoms with Gasteiger partial charge in [-0.15, -0.1) is 0 Å². The maximum atomic E-state index is 11.0. The van der Waals surface area contributed by atoms with E-state index in [-0.39, 0.29) is 4.90 Å². The van der Waals surface area contributed by atoms with Gasteiger partial charge in [-0.25, -0.2) is 0 Å². The SMILES string of the molecule is COc1cc(N=Nc2cccc(S(=O)(=O)O)c2)ccc1N. The highest BCUT2D eigenvalue weighted by Gasteiger charge is 2.09. The van der Waals surface area contributed by atoms with E-state index in [0.29, 0.717) is 22.8 Å². The molecule has 0 saturated carbocycles. The topological polar surface area (TPSA) is 114 Å². The Hall–Kier alpha value is -2.45. The zero-order valence-electron chi connectivity index (χ0n) is 11.1. The molecule has 0 saturated heterocycles. The van der Waals surface area contributed by atoms with Crippen LogP contribution in [0.4, 0.5) is 17.1 Å². The Morgan fingerprint density at radius 2 is 1.76 bits per heavy atom. The molecule has 2 aromatic carbocycles. The molecule has 0 aliphatic carbocycles. The van der Waals surface area contributed by atoms with E-state index in [0.717, 1.165) is 0 Å². The molecule has 0 bridgehead atoms. The number of azo groups is 1. The molecule has 0 aliphatic heterocycles. The minimum absolute atomic E-state index is 0.242. The summed E-state index contributed by atoms with van der Waals surface area (Å²) in [5.74, 6) is 0.470. The second-order valence-electron chi connectivity index (χ2n) is 4.10. The van der Waals surface area contributed by atoms with Crippen LogP contribution in [0.25, 0.3) is 0 Å². The minimum atomic E-state index is -4.26. The molecule has 0 amide bonds. The molecule has 0 aliphatic rings. The summed E-state index contributed by atoms with van der Waals surface area (Å²) in [5, 5.41) is 7.87. The lowest BCUT2D eigenvalue weighted by molar-refractivity contribution is 0.417. The van der Waals surface area contributed by atoms with E-state index in [2.05, 4.69) is 10.2 Å². The second kappa shape index (κ2) is 5.90. The second-order valence-corrected chi connectivity index (χ2v) is 5.52. The van der Waals surface area contributed by atoms with Crippen molar-refractivity contribution in [1.29, 1.82) is 0 Å². The van der Waals surface area contributed by atoms with Crippen LogP contribution in [0, 0.1) is 0 Å². The number of rotatable bonds is 4. The van der Waals surface area contributed by atoms with E-state index in [1.165, 1.54) is 25.3 Å². The van der Waals surface area contributed by atoms with Crippen LogP contribution in [-0.4, -0.2) is 20.1 Å². The van der Waals surface area contributed by atoms with Crippen molar-refractivity contribution in [3.8, 4) is 5.75 Å². The molecule has 8 heteroatoms. The fourth-order valence-corrected chi connectivity index (χ4v) is 2.10. The lowest BCUT2D eigenvalue weighted by Crippen LogP contribution is -1.96. The van der Waals surface area contributed by atoms with E-state index in [9.17, 15) is 8.42 Å². The molecule has 0 heterocycles. The summed E-state index contributed by atoms with van der Waals surface area (Å²) >= 11 is 0. The first-order valence-corrected chi connectivity index (χ1v) is 7.27. The van der Waals surface area contributed by atoms with Crippen LogP contribution in [0.1, 0.15) is 0 Å². The molecular formula is C13H13N3O4S. The highest BCUT2D eigenvalue weighted by atomic mass is 32.2. The zero-order valence-corrected chi connectivity index (χ0v) is 11.9. The fourth-order valence-electron chi connectivity index (χ4n) is 1.58. The summed E-state index contributed by atoms with van der Waals surface area (Å²) in [6, 6.07) is 10.4. The van der Waals surface area contributed by atoms with Crippen LogP contribution in [0.5, 0.6) is 5.75 Å². The molecule has 0 fully saturated rings. The first kappa shape index (κ1) is 14.9. The summed E-state index contributed by atoms with van der Waals surface area (Å²) < 4.78 is 36.1. The fraction of sp³-hybridized carbons (Fsp3) is 0.0769. The molecule has 110 valence electrons. The summed E-state index contributed by atoms with van der Waals surface area (Å²) in [5.41, 5.74) is 6.95. The molecule has 0 aromatic heterocycles. The number of nitrogens with zero attached hydrogens (tertiary/aromatic N) is 2. The van der Waals surface area contributed by atoms with Gasteiger partial charge in [-0.2, -0.15) is 18.6 Å². The maximum absolute atomic E-state index is 11.0. The number of nitrogen functional groups attached to an aromatic ring is 1. The lowest BCUT2D eigenvalue weighted by atomic mass is 10.2. The molecule has 0 spiro atoms. The van der Waals surface area contributed by atoms with Gasteiger partial charge in [-0.1, -0.05) is 6.07 Å². The van der Waals surface area contributed by atoms with Gasteiger partial charge in [-0.05, 0) is 30.3 Å². The Labute approximate surface area is 121 Å². The van der Waals surface area contributed by atoms with Crippen LogP contribution in [-0.2, 0) is 10.1 Å². The number of nitrogens with two attached hydrogens (primary N) is 1. The highest BCUT2D eigenvalue weighted by molar-refractivity contribution is 7.85. The molecule has 2 aromatic rings. The Kier molecular flexibility index (Phi) is 4.20. The summed E-state index contributed by atoms with van der Waals surface area (Å²) in [4.78, 5) is -0.242. The Morgan fingerprint density at radius 1 is 1.10 bits per heavy atom. The van der Waals surface area contributed by atoms with E-state index < -0.39 is 10.1 Å². The smallest absolute Gasteiger partial charge is 0.294 e. The van der Waals surface area contributed by atoms with Crippen LogP contribution in [0.15, 0.2) is 57.6 Å². The Bertz CT molecular complexity index is 788. The normalized spacial score (nSPS) is 11.7. The van der Waals surface area contributed by atoms with Crippen molar-refractivity contribution in [2.24, 2.45) is 10.2 Å². The van der Waals surface area contributed by atoms with Crippen LogP contribution < -0.4 is 10.5 Å². The van der Waals surface area contributed by atoms with Crippen molar-refractivity contribution in [3.63, 3.8) is 0 Å². The van der Waals surface area contributed by atoms with Crippen molar-refractivity contribution in [2.45, 2.75) is 4.90 Å². The van der Waals surface area contributed by atoms with Crippen LogP contribution in [0.3, 0.4) is 0 Å². The third-order valence-corrected chi connectivity index (χ3v) is 3.46. The van der Waals surface area contributed by atoms with Gasteiger partial charge >= 0.3 is 0 Å². The minimum Gasteiger partial charge on any atom is -0.495 e. The van der Waals surface area contributed by atoms with Crippen molar-refractivity contribution in [1.82, 2.24) is 0 Å². The van der Waals surface area contributed by atoms with Crippen LogP contribution >= 0.6 is 0 Å². The molecule has 2 rings (SSSR count). The molecule has 0 atom stereocenters. The quantitative estimate of drug-likeness (QED) is 0.512. The summed E-state index contributed by atoms with van der Waals surface area (Å²) in [6.45, 7) is 0. The Morgan fingerprint density at radius 3 is 2.38 bits per heavy atom. The van der Waals surface area contributed by atoms with Gasteiger partial charge in [0.15, 0.2) is 0 Å². The van der Waals surface area contributed by atoms with Crippen LogP contribution in [0.2, 0.25) is 0 Å². The van der Waals surface area contributed by atoms with E-state index >= 15 is 0 Å². The van der Waals surface area contributed by atoms with Crippen molar-refractivity contribution in [2.75, 3.05) is 12.8 Å². The maximum Gasteiger partial charge on any atom is 0.294 e. The molecule has 3 N–H and O–H groups in total. The predicted octanol–water partition coefficient (Wildman–Crippen LogP) is 2.94. The van der Waals surface area contributed by atoms with Gasteiger partial charge in [0.2, 0.25) is 0 Å². The third kappa shape index (κ3) is 3.77. The first-order valence-electron chi connectivity index (χ1n) is 5.83. The first-order chi connectivity index (χ1) is 9.90. The Balaban J connectivity index is 2.30.